The lowest BCUT2D eigenvalue weighted by Crippen LogP contribution is -2.39. The summed E-state index contributed by atoms with van der Waals surface area (Å²) in [5.74, 6) is 0.730. The number of hydrogen-bond acceptors (Lipinski definition) is 4. The summed E-state index contributed by atoms with van der Waals surface area (Å²) >= 11 is 0. The van der Waals surface area contributed by atoms with E-state index in [1.165, 1.54) is 5.56 Å². The Morgan fingerprint density at radius 1 is 1.47 bits per heavy atom. The molecule has 5 heteroatoms. The van der Waals surface area contributed by atoms with Crippen molar-refractivity contribution in [2.45, 2.75) is 13.3 Å². The molecule has 0 fully saturated rings. The lowest BCUT2D eigenvalue weighted by atomic mass is 10.1. The van der Waals surface area contributed by atoms with Gasteiger partial charge in [-0.1, -0.05) is 19.1 Å². The molecule has 0 bridgehead atoms. The van der Waals surface area contributed by atoms with Crippen molar-refractivity contribution in [3.05, 3.63) is 29.8 Å². The minimum Gasteiger partial charge on any atom is -0.347 e. The summed E-state index contributed by atoms with van der Waals surface area (Å²) in [6, 6.07) is 7.90. The molecule has 0 saturated heterocycles. The van der Waals surface area contributed by atoms with E-state index in [-0.39, 0.29) is 12.5 Å². The van der Waals surface area contributed by atoms with Crippen LogP contribution in [0.15, 0.2) is 29.3 Å². The van der Waals surface area contributed by atoms with Crippen molar-refractivity contribution in [2.24, 2.45) is 4.99 Å². The van der Waals surface area contributed by atoms with E-state index in [0.717, 1.165) is 31.2 Å². The number of amides is 1. The number of aliphatic imine (C=N–C) groups is 1. The highest BCUT2D eigenvalue weighted by atomic mass is 16.1. The van der Waals surface area contributed by atoms with Crippen LogP contribution in [0, 0.1) is 0 Å². The lowest BCUT2D eigenvalue weighted by molar-refractivity contribution is -0.115. The fraction of sp³-hybridized carbons (Fsp3) is 0.429. The molecule has 0 radical (unpaired) electrons. The topological polar surface area (TPSA) is 56.7 Å². The molecule has 1 aliphatic rings. The third-order valence-electron chi connectivity index (χ3n) is 3.08. The molecule has 1 heterocycles. The van der Waals surface area contributed by atoms with Gasteiger partial charge in [0.1, 0.15) is 0 Å². The van der Waals surface area contributed by atoms with Gasteiger partial charge in [0.05, 0.1) is 13.1 Å². The summed E-state index contributed by atoms with van der Waals surface area (Å²) in [7, 11) is 1.96. The number of nitrogens with one attached hydrogen (secondary N) is 2. The summed E-state index contributed by atoms with van der Waals surface area (Å²) in [5, 5.41) is 5.92. The molecule has 5 nitrogen and oxygen atoms in total. The van der Waals surface area contributed by atoms with Crippen LogP contribution in [0.1, 0.15) is 12.5 Å². The first-order valence-electron chi connectivity index (χ1n) is 6.57. The molecule has 2 N–H and O–H groups in total. The number of aryl methyl sites for hydroxylation is 1. The highest BCUT2D eigenvalue weighted by molar-refractivity contribution is 5.95. The van der Waals surface area contributed by atoms with Gasteiger partial charge in [0.2, 0.25) is 5.91 Å². The molecule has 0 spiro atoms. The van der Waals surface area contributed by atoms with Crippen LogP contribution in [-0.2, 0) is 11.2 Å². The number of nitrogens with zero attached hydrogens (tertiary/aromatic N) is 2. The first kappa shape index (κ1) is 13.4. The van der Waals surface area contributed by atoms with Gasteiger partial charge in [-0.15, -0.1) is 0 Å². The van der Waals surface area contributed by atoms with Crippen LogP contribution >= 0.6 is 0 Å². The standard InChI is InChI=1S/C14H20N4O/c1-3-11-5-4-6-12(9-11)17-13(19)10-16-14-15-7-8-18(14)2/h4-6,9H,3,7-8,10H2,1-2H3,(H,15,16)(H,17,19). The van der Waals surface area contributed by atoms with E-state index in [4.69, 9.17) is 0 Å². The first-order valence-corrected chi connectivity index (χ1v) is 6.57. The third kappa shape index (κ3) is 3.71. The average Bonchev–Trinajstić information content (AvgIpc) is 2.82. The highest BCUT2D eigenvalue weighted by Gasteiger charge is 2.12. The maximum absolute atomic E-state index is 11.8. The molecule has 0 unspecified atom stereocenters. The number of carbonyl (C=O) groups excluding carboxylic acids is 1. The van der Waals surface area contributed by atoms with Gasteiger partial charge in [-0.3, -0.25) is 9.79 Å². The van der Waals surface area contributed by atoms with Crippen molar-refractivity contribution >= 4 is 17.6 Å². The molecule has 1 aromatic carbocycles. The van der Waals surface area contributed by atoms with Gasteiger partial charge < -0.3 is 15.5 Å². The van der Waals surface area contributed by atoms with E-state index in [0.29, 0.717) is 0 Å². The molecule has 0 saturated carbocycles. The zero-order valence-electron chi connectivity index (χ0n) is 11.4. The van der Waals surface area contributed by atoms with E-state index < -0.39 is 0 Å². The fourth-order valence-corrected chi connectivity index (χ4v) is 1.96. The van der Waals surface area contributed by atoms with Crippen molar-refractivity contribution in [3.8, 4) is 0 Å². The van der Waals surface area contributed by atoms with Crippen LogP contribution < -0.4 is 10.6 Å². The maximum Gasteiger partial charge on any atom is 0.243 e. The molecule has 0 aliphatic carbocycles. The van der Waals surface area contributed by atoms with Crippen LogP contribution in [0.4, 0.5) is 5.69 Å². The van der Waals surface area contributed by atoms with Gasteiger partial charge in [0.25, 0.3) is 0 Å². The zero-order valence-corrected chi connectivity index (χ0v) is 11.4. The summed E-state index contributed by atoms with van der Waals surface area (Å²) < 4.78 is 0. The summed E-state index contributed by atoms with van der Waals surface area (Å²) in [6.07, 6.45) is 0.962. The number of guanidine groups is 1. The molecule has 1 aromatic rings. The molecular formula is C14H20N4O. The number of carbonyl (C=O) groups is 1. The van der Waals surface area contributed by atoms with Crippen LogP contribution in [0.3, 0.4) is 0 Å². The quantitative estimate of drug-likeness (QED) is 0.851. The average molecular weight is 260 g/mol. The van der Waals surface area contributed by atoms with E-state index in [9.17, 15) is 4.79 Å². The molecule has 0 aromatic heterocycles. The fourth-order valence-electron chi connectivity index (χ4n) is 1.96. The van der Waals surface area contributed by atoms with Gasteiger partial charge in [0, 0.05) is 19.3 Å². The van der Waals surface area contributed by atoms with Crippen molar-refractivity contribution in [2.75, 3.05) is 32.0 Å². The van der Waals surface area contributed by atoms with Gasteiger partial charge in [-0.2, -0.15) is 0 Å². The Labute approximate surface area is 113 Å². The molecule has 2 rings (SSSR count). The molecule has 1 aliphatic heterocycles. The Morgan fingerprint density at radius 2 is 2.32 bits per heavy atom. The second-order valence-electron chi connectivity index (χ2n) is 4.58. The normalized spacial score (nSPS) is 14.2. The van der Waals surface area contributed by atoms with Gasteiger partial charge in [-0.05, 0) is 24.1 Å². The summed E-state index contributed by atoms with van der Waals surface area (Å²) in [6.45, 7) is 4.03. The van der Waals surface area contributed by atoms with Crippen molar-refractivity contribution in [1.82, 2.24) is 10.2 Å². The smallest absolute Gasteiger partial charge is 0.243 e. The van der Waals surface area contributed by atoms with Crippen LogP contribution in [0.2, 0.25) is 0 Å². The number of rotatable bonds is 4. The van der Waals surface area contributed by atoms with Crippen molar-refractivity contribution in [1.29, 1.82) is 0 Å². The number of likely N-dealkylation sites (N-methyl/N-ethyl adjacent to an activating group) is 1. The lowest BCUT2D eigenvalue weighted by Gasteiger charge is -2.15. The Hall–Kier alpha value is -2.04. The van der Waals surface area contributed by atoms with Crippen molar-refractivity contribution in [3.63, 3.8) is 0 Å². The van der Waals surface area contributed by atoms with Crippen molar-refractivity contribution < 1.29 is 4.79 Å². The largest absolute Gasteiger partial charge is 0.347 e. The van der Waals surface area contributed by atoms with E-state index in [1.54, 1.807) is 0 Å². The maximum atomic E-state index is 11.8. The predicted octanol–water partition coefficient (Wildman–Crippen LogP) is 1.08. The van der Waals surface area contributed by atoms with Crippen LogP contribution in [0.25, 0.3) is 0 Å². The minimum atomic E-state index is -0.0590. The number of hydrogen-bond donors (Lipinski definition) is 2. The minimum absolute atomic E-state index is 0.0590. The molecule has 1 amide bonds. The second kappa shape index (κ2) is 6.22. The predicted molar refractivity (Wildman–Crippen MR) is 77.4 cm³/mol. The van der Waals surface area contributed by atoms with E-state index in [2.05, 4.69) is 28.6 Å². The molecule has 0 atom stereocenters. The van der Waals surface area contributed by atoms with Gasteiger partial charge in [0.15, 0.2) is 5.96 Å². The SMILES string of the molecule is CCc1cccc(NC(=O)CNC2=NCCN2C)c1. The highest BCUT2D eigenvalue weighted by Crippen LogP contribution is 2.10. The zero-order chi connectivity index (χ0) is 13.7. The summed E-state index contributed by atoms with van der Waals surface area (Å²) in [5.41, 5.74) is 2.05. The summed E-state index contributed by atoms with van der Waals surface area (Å²) in [4.78, 5) is 18.1. The van der Waals surface area contributed by atoms with Gasteiger partial charge in [-0.25, -0.2) is 0 Å². The molecular weight excluding hydrogens is 240 g/mol. The van der Waals surface area contributed by atoms with E-state index in [1.807, 2.05) is 30.1 Å². The Bertz CT molecular complexity index is 484. The number of benzene rings is 1. The third-order valence-corrected chi connectivity index (χ3v) is 3.08. The monoisotopic (exact) mass is 260 g/mol. The Balaban J connectivity index is 1.83. The molecule has 102 valence electrons. The Morgan fingerprint density at radius 3 is 3.00 bits per heavy atom. The second-order valence-corrected chi connectivity index (χ2v) is 4.58. The Kier molecular flexibility index (Phi) is 4.39. The van der Waals surface area contributed by atoms with E-state index >= 15 is 0 Å². The first-order chi connectivity index (χ1) is 9.19. The van der Waals surface area contributed by atoms with Crippen LogP contribution in [0.5, 0.6) is 0 Å². The molecule has 19 heavy (non-hydrogen) atoms. The van der Waals surface area contributed by atoms with Crippen LogP contribution in [-0.4, -0.2) is 43.4 Å². The number of anilines is 1. The van der Waals surface area contributed by atoms with Gasteiger partial charge >= 0.3 is 0 Å².